The molecule has 0 amide bonds. The lowest BCUT2D eigenvalue weighted by Gasteiger charge is -2.04. The third-order valence-electron chi connectivity index (χ3n) is 3.43. The fourth-order valence-electron chi connectivity index (χ4n) is 2.19. The fraction of sp³-hybridized carbons (Fsp3) is 0.714. The summed E-state index contributed by atoms with van der Waals surface area (Å²) in [5.41, 5.74) is 0.486. The first-order valence-corrected chi connectivity index (χ1v) is 6.86. The van der Waals surface area contributed by atoms with Crippen LogP contribution in [0.15, 0.2) is 10.6 Å². The summed E-state index contributed by atoms with van der Waals surface area (Å²) in [5, 5.41) is 3.86. The predicted octanol–water partition coefficient (Wildman–Crippen LogP) is 3.02. The number of rotatable bonds is 7. The van der Waals surface area contributed by atoms with E-state index < -0.39 is 0 Å². The second-order valence-corrected chi connectivity index (χ2v) is 4.97. The van der Waals surface area contributed by atoms with Crippen molar-refractivity contribution in [1.29, 1.82) is 0 Å². The summed E-state index contributed by atoms with van der Waals surface area (Å²) in [6.45, 7) is 3.77. The van der Waals surface area contributed by atoms with E-state index in [0.29, 0.717) is 18.0 Å². The highest BCUT2D eigenvalue weighted by molar-refractivity contribution is 5.94. The number of unbranched alkanes of at least 4 members (excludes halogenated alkanes) is 1. The molecule has 1 aromatic rings. The number of hydrogen-bond donors (Lipinski definition) is 0. The summed E-state index contributed by atoms with van der Waals surface area (Å²) < 4.78 is 10.5. The van der Waals surface area contributed by atoms with E-state index in [0.717, 1.165) is 51.1 Å². The molecule has 1 saturated heterocycles. The van der Waals surface area contributed by atoms with Crippen LogP contribution in [0.4, 0.5) is 0 Å². The second-order valence-electron chi connectivity index (χ2n) is 4.97. The van der Waals surface area contributed by atoms with Gasteiger partial charge in [-0.25, -0.2) is 0 Å². The van der Waals surface area contributed by atoms with E-state index in [-0.39, 0.29) is 5.78 Å². The van der Waals surface area contributed by atoms with E-state index >= 15 is 0 Å². The van der Waals surface area contributed by atoms with E-state index in [2.05, 4.69) is 12.1 Å². The highest BCUT2D eigenvalue weighted by Crippen LogP contribution is 2.19. The van der Waals surface area contributed by atoms with Crippen molar-refractivity contribution in [2.45, 2.75) is 45.4 Å². The first-order chi connectivity index (χ1) is 8.79. The molecule has 2 heterocycles. The van der Waals surface area contributed by atoms with Crippen LogP contribution in [-0.4, -0.2) is 24.2 Å². The Morgan fingerprint density at radius 3 is 3.17 bits per heavy atom. The maximum Gasteiger partial charge on any atom is 0.184 e. The van der Waals surface area contributed by atoms with Crippen LogP contribution in [0, 0.1) is 5.92 Å². The van der Waals surface area contributed by atoms with Crippen molar-refractivity contribution >= 4 is 5.78 Å². The minimum atomic E-state index is 0.0911. The predicted molar refractivity (Wildman–Crippen MR) is 67.6 cm³/mol. The summed E-state index contributed by atoms with van der Waals surface area (Å²) in [7, 11) is 0. The molecule has 100 valence electrons. The van der Waals surface area contributed by atoms with Crippen molar-refractivity contribution in [3.63, 3.8) is 0 Å². The van der Waals surface area contributed by atoms with Crippen molar-refractivity contribution in [1.82, 2.24) is 5.16 Å². The van der Waals surface area contributed by atoms with E-state index in [1.807, 2.05) is 0 Å². The van der Waals surface area contributed by atoms with Gasteiger partial charge in [-0.3, -0.25) is 4.79 Å². The molecule has 1 unspecified atom stereocenters. The molecule has 1 fully saturated rings. The van der Waals surface area contributed by atoms with E-state index in [1.54, 1.807) is 6.07 Å². The monoisotopic (exact) mass is 251 g/mol. The van der Waals surface area contributed by atoms with Crippen LogP contribution in [0.25, 0.3) is 0 Å². The lowest BCUT2D eigenvalue weighted by Crippen LogP contribution is -2.05. The molecule has 0 aliphatic carbocycles. The topological polar surface area (TPSA) is 52.3 Å². The molecule has 2 rings (SSSR count). The first-order valence-electron chi connectivity index (χ1n) is 6.86. The Kier molecular flexibility index (Phi) is 4.93. The number of aromatic nitrogens is 1. The summed E-state index contributed by atoms with van der Waals surface area (Å²) in [4.78, 5) is 11.9. The molecule has 0 saturated carbocycles. The van der Waals surface area contributed by atoms with Crippen LogP contribution < -0.4 is 0 Å². The summed E-state index contributed by atoms with van der Waals surface area (Å²) in [6.07, 6.45) is 5.58. The SMILES string of the molecule is CCCCc1cc(C(=O)CCC2CCOC2)no1. The van der Waals surface area contributed by atoms with Gasteiger partial charge in [0.25, 0.3) is 0 Å². The largest absolute Gasteiger partial charge is 0.381 e. The molecule has 0 radical (unpaired) electrons. The van der Waals surface area contributed by atoms with Gasteiger partial charge in [0.1, 0.15) is 11.5 Å². The van der Waals surface area contributed by atoms with Crippen LogP contribution in [0.2, 0.25) is 0 Å². The maximum absolute atomic E-state index is 11.9. The summed E-state index contributed by atoms with van der Waals surface area (Å²) in [5.74, 6) is 1.46. The molecule has 18 heavy (non-hydrogen) atoms. The van der Waals surface area contributed by atoms with E-state index in [4.69, 9.17) is 9.26 Å². The minimum absolute atomic E-state index is 0.0911. The van der Waals surface area contributed by atoms with Crippen LogP contribution in [0.1, 0.15) is 55.3 Å². The maximum atomic E-state index is 11.9. The van der Waals surface area contributed by atoms with Crippen molar-refractivity contribution in [2.24, 2.45) is 5.92 Å². The fourth-order valence-corrected chi connectivity index (χ4v) is 2.19. The lowest BCUT2D eigenvalue weighted by atomic mass is 10.00. The third kappa shape index (κ3) is 3.67. The first kappa shape index (κ1) is 13.3. The van der Waals surface area contributed by atoms with Gasteiger partial charge in [0.05, 0.1) is 0 Å². The molecular formula is C14H21NO3. The van der Waals surface area contributed by atoms with Crippen LogP contribution in [0.5, 0.6) is 0 Å². The zero-order valence-electron chi connectivity index (χ0n) is 11.0. The highest BCUT2D eigenvalue weighted by Gasteiger charge is 2.19. The Balaban J connectivity index is 1.78. The van der Waals surface area contributed by atoms with Gasteiger partial charge < -0.3 is 9.26 Å². The molecule has 0 spiro atoms. The normalized spacial score (nSPS) is 19.3. The number of nitrogens with zero attached hydrogens (tertiary/aromatic N) is 1. The standard InChI is InChI=1S/C14H21NO3/c1-2-3-4-12-9-13(15-18-12)14(16)6-5-11-7-8-17-10-11/h9,11H,2-8,10H2,1H3. The molecule has 1 aliphatic rings. The van der Waals surface area contributed by atoms with Gasteiger partial charge in [-0.1, -0.05) is 18.5 Å². The Labute approximate surface area is 108 Å². The van der Waals surface area contributed by atoms with Gasteiger partial charge in [-0.15, -0.1) is 0 Å². The molecule has 0 bridgehead atoms. The van der Waals surface area contributed by atoms with Crippen LogP contribution >= 0.6 is 0 Å². The van der Waals surface area contributed by atoms with Gasteiger partial charge in [0.2, 0.25) is 0 Å². The average molecular weight is 251 g/mol. The Morgan fingerprint density at radius 2 is 2.44 bits per heavy atom. The van der Waals surface area contributed by atoms with Gasteiger partial charge in [0, 0.05) is 32.1 Å². The highest BCUT2D eigenvalue weighted by atomic mass is 16.5. The van der Waals surface area contributed by atoms with Gasteiger partial charge in [-0.2, -0.15) is 0 Å². The number of Topliss-reactive ketones (excluding diaryl/α,β-unsaturated/α-hetero) is 1. The molecule has 4 heteroatoms. The average Bonchev–Trinajstić information content (AvgIpc) is 3.04. The van der Waals surface area contributed by atoms with Crippen molar-refractivity contribution in [2.75, 3.05) is 13.2 Å². The van der Waals surface area contributed by atoms with Gasteiger partial charge in [0.15, 0.2) is 5.78 Å². The van der Waals surface area contributed by atoms with E-state index in [9.17, 15) is 4.79 Å². The molecule has 0 aromatic carbocycles. The molecule has 1 aromatic heterocycles. The molecule has 4 nitrogen and oxygen atoms in total. The van der Waals surface area contributed by atoms with Gasteiger partial charge >= 0.3 is 0 Å². The number of ketones is 1. The smallest absolute Gasteiger partial charge is 0.184 e. The van der Waals surface area contributed by atoms with Crippen LogP contribution in [-0.2, 0) is 11.2 Å². The molecule has 1 aliphatic heterocycles. The van der Waals surface area contributed by atoms with E-state index in [1.165, 1.54) is 0 Å². The quantitative estimate of drug-likeness (QED) is 0.699. The zero-order chi connectivity index (χ0) is 12.8. The zero-order valence-corrected chi connectivity index (χ0v) is 11.0. The Hall–Kier alpha value is -1.16. The molecular weight excluding hydrogens is 230 g/mol. The number of carbonyl (C=O) groups is 1. The lowest BCUT2D eigenvalue weighted by molar-refractivity contribution is 0.0962. The third-order valence-corrected chi connectivity index (χ3v) is 3.43. The van der Waals surface area contributed by atoms with Crippen molar-refractivity contribution < 1.29 is 14.1 Å². The summed E-state index contributed by atoms with van der Waals surface area (Å²) in [6, 6.07) is 1.79. The van der Waals surface area contributed by atoms with Crippen molar-refractivity contribution in [3.05, 3.63) is 17.5 Å². The van der Waals surface area contributed by atoms with Crippen LogP contribution in [0.3, 0.4) is 0 Å². The number of carbonyl (C=O) groups excluding carboxylic acids is 1. The molecule has 1 atom stereocenters. The Morgan fingerprint density at radius 1 is 1.56 bits per heavy atom. The number of aryl methyl sites for hydroxylation is 1. The van der Waals surface area contributed by atoms with Crippen molar-refractivity contribution in [3.8, 4) is 0 Å². The minimum Gasteiger partial charge on any atom is -0.381 e. The molecule has 0 N–H and O–H groups in total. The number of hydrogen-bond acceptors (Lipinski definition) is 4. The van der Waals surface area contributed by atoms with Gasteiger partial charge in [-0.05, 0) is 25.2 Å². The second kappa shape index (κ2) is 6.69. The number of ether oxygens (including phenoxy) is 1. The Bertz CT molecular complexity index is 380. The summed E-state index contributed by atoms with van der Waals surface area (Å²) >= 11 is 0.